The van der Waals surface area contributed by atoms with Crippen LogP contribution in [0.1, 0.15) is 17.3 Å². The summed E-state index contributed by atoms with van der Waals surface area (Å²) in [7, 11) is 1.65. The number of hydrogen-bond acceptors (Lipinski definition) is 3. The van der Waals surface area contributed by atoms with Crippen LogP contribution >= 0.6 is 11.8 Å². The summed E-state index contributed by atoms with van der Waals surface area (Å²) >= 11 is 1.67. The van der Waals surface area contributed by atoms with Gasteiger partial charge in [0.2, 0.25) is 0 Å². The maximum Gasteiger partial charge on any atom is 0.256 e. The second-order valence-electron chi connectivity index (χ2n) is 5.24. The molecule has 0 aromatic heterocycles. The van der Waals surface area contributed by atoms with Crippen molar-refractivity contribution in [3.63, 3.8) is 0 Å². The van der Waals surface area contributed by atoms with E-state index in [0.29, 0.717) is 5.56 Å². The maximum absolute atomic E-state index is 12.8. The van der Waals surface area contributed by atoms with Gasteiger partial charge in [0.25, 0.3) is 5.91 Å². The molecule has 0 aliphatic rings. The van der Waals surface area contributed by atoms with Gasteiger partial charge in [0, 0.05) is 21.4 Å². The molecule has 122 valence electrons. The number of thioether (sulfide) groups is 1. The molecule has 1 N–H and O–H groups in total. The van der Waals surface area contributed by atoms with Gasteiger partial charge in [-0.1, -0.05) is 43.3 Å². The standard InChI is InChI=1S/C20H19NO2S/c1-3-24-19-11-7-6-10-16(19)20(22)21-17-12-13-18(23-2)15-9-5-4-8-14(15)17/h4-13H,3H2,1-2H3,(H,21,22). The van der Waals surface area contributed by atoms with Gasteiger partial charge in [0.15, 0.2) is 0 Å². The molecule has 0 heterocycles. The van der Waals surface area contributed by atoms with Crippen molar-refractivity contribution >= 4 is 34.1 Å². The van der Waals surface area contributed by atoms with Gasteiger partial charge in [-0.2, -0.15) is 0 Å². The molecule has 4 heteroatoms. The van der Waals surface area contributed by atoms with Crippen LogP contribution in [0, 0.1) is 0 Å². The molecule has 0 aliphatic heterocycles. The Labute approximate surface area is 146 Å². The van der Waals surface area contributed by atoms with Gasteiger partial charge < -0.3 is 10.1 Å². The van der Waals surface area contributed by atoms with E-state index in [1.54, 1.807) is 18.9 Å². The second-order valence-corrected chi connectivity index (χ2v) is 6.55. The molecule has 3 aromatic rings. The summed E-state index contributed by atoms with van der Waals surface area (Å²) in [4.78, 5) is 13.7. The Balaban J connectivity index is 1.97. The van der Waals surface area contributed by atoms with Crippen molar-refractivity contribution in [2.45, 2.75) is 11.8 Å². The molecule has 0 bridgehead atoms. The van der Waals surface area contributed by atoms with Crippen molar-refractivity contribution in [1.82, 2.24) is 0 Å². The fraction of sp³-hybridized carbons (Fsp3) is 0.150. The minimum absolute atomic E-state index is 0.0955. The molecular weight excluding hydrogens is 318 g/mol. The van der Waals surface area contributed by atoms with Gasteiger partial charge >= 0.3 is 0 Å². The van der Waals surface area contributed by atoms with E-state index in [4.69, 9.17) is 4.74 Å². The molecule has 0 spiro atoms. The van der Waals surface area contributed by atoms with E-state index in [2.05, 4.69) is 12.2 Å². The molecule has 3 nitrogen and oxygen atoms in total. The lowest BCUT2D eigenvalue weighted by atomic mass is 10.1. The van der Waals surface area contributed by atoms with Gasteiger partial charge in [0.05, 0.1) is 12.7 Å². The SMILES string of the molecule is CCSc1ccccc1C(=O)Nc1ccc(OC)c2ccccc12. The van der Waals surface area contributed by atoms with Crippen LogP contribution in [0.25, 0.3) is 10.8 Å². The fourth-order valence-corrected chi connectivity index (χ4v) is 3.49. The van der Waals surface area contributed by atoms with Gasteiger partial charge in [-0.25, -0.2) is 0 Å². The number of benzene rings is 3. The Hall–Kier alpha value is -2.46. The van der Waals surface area contributed by atoms with Gasteiger partial charge in [-0.3, -0.25) is 4.79 Å². The molecule has 1 amide bonds. The van der Waals surface area contributed by atoms with Crippen LogP contribution in [0.4, 0.5) is 5.69 Å². The minimum Gasteiger partial charge on any atom is -0.496 e. The topological polar surface area (TPSA) is 38.3 Å². The van der Waals surface area contributed by atoms with Crippen molar-refractivity contribution in [2.24, 2.45) is 0 Å². The average molecular weight is 337 g/mol. The van der Waals surface area contributed by atoms with Crippen molar-refractivity contribution in [1.29, 1.82) is 0 Å². The van der Waals surface area contributed by atoms with E-state index < -0.39 is 0 Å². The molecule has 0 saturated heterocycles. The third kappa shape index (κ3) is 3.24. The summed E-state index contributed by atoms with van der Waals surface area (Å²) in [5.41, 5.74) is 1.48. The third-order valence-corrected chi connectivity index (χ3v) is 4.74. The molecule has 24 heavy (non-hydrogen) atoms. The predicted octanol–water partition coefficient (Wildman–Crippen LogP) is 5.21. The largest absolute Gasteiger partial charge is 0.496 e. The van der Waals surface area contributed by atoms with E-state index >= 15 is 0 Å². The highest BCUT2D eigenvalue weighted by Gasteiger charge is 2.13. The van der Waals surface area contributed by atoms with Crippen LogP contribution in [-0.4, -0.2) is 18.8 Å². The van der Waals surface area contributed by atoms with Gasteiger partial charge in [-0.15, -0.1) is 11.8 Å². The Morgan fingerprint density at radius 3 is 2.46 bits per heavy atom. The third-order valence-electron chi connectivity index (χ3n) is 3.78. The Bertz CT molecular complexity index is 876. The first-order chi connectivity index (χ1) is 11.7. The highest BCUT2D eigenvalue weighted by molar-refractivity contribution is 7.99. The Morgan fingerprint density at radius 2 is 1.71 bits per heavy atom. The first-order valence-electron chi connectivity index (χ1n) is 7.83. The molecule has 0 unspecified atom stereocenters. The molecule has 3 rings (SSSR count). The molecule has 0 saturated carbocycles. The number of amides is 1. The second kappa shape index (κ2) is 7.41. The van der Waals surface area contributed by atoms with E-state index in [-0.39, 0.29) is 5.91 Å². The van der Waals surface area contributed by atoms with Crippen LogP contribution in [0.15, 0.2) is 65.6 Å². The number of nitrogens with one attached hydrogen (secondary N) is 1. The zero-order valence-electron chi connectivity index (χ0n) is 13.7. The smallest absolute Gasteiger partial charge is 0.256 e. The Morgan fingerprint density at radius 1 is 1.00 bits per heavy atom. The van der Waals surface area contributed by atoms with Crippen LogP contribution in [0.3, 0.4) is 0 Å². The minimum atomic E-state index is -0.0955. The quantitative estimate of drug-likeness (QED) is 0.649. The monoisotopic (exact) mass is 337 g/mol. The number of anilines is 1. The normalized spacial score (nSPS) is 10.6. The highest BCUT2D eigenvalue weighted by atomic mass is 32.2. The summed E-state index contributed by atoms with van der Waals surface area (Å²) in [5.74, 6) is 1.63. The molecule has 0 radical (unpaired) electrons. The summed E-state index contributed by atoms with van der Waals surface area (Å²) < 4.78 is 5.41. The lowest BCUT2D eigenvalue weighted by molar-refractivity contribution is 0.102. The number of fused-ring (bicyclic) bond motifs is 1. The van der Waals surface area contributed by atoms with Crippen LogP contribution in [0.2, 0.25) is 0 Å². The first-order valence-corrected chi connectivity index (χ1v) is 8.82. The summed E-state index contributed by atoms with van der Waals surface area (Å²) in [6.45, 7) is 2.08. The molecule has 0 atom stereocenters. The highest BCUT2D eigenvalue weighted by Crippen LogP contribution is 2.32. The number of carbonyl (C=O) groups is 1. The molecule has 3 aromatic carbocycles. The summed E-state index contributed by atoms with van der Waals surface area (Å²) in [6.07, 6.45) is 0. The van der Waals surface area contributed by atoms with Gasteiger partial charge in [0.1, 0.15) is 5.75 Å². The lowest BCUT2D eigenvalue weighted by Crippen LogP contribution is -2.13. The maximum atomic E-state index is 12.8. The van der Waals surface area contributed by atoms with Crippen molar-refractivity contribution in [3.8, 4) is 5.75 Å². The number of methoxy groups -OCH3 is 1. The van der Waals surface area contributed by atoms with Crippen molar-refractivity contribution in [3.05, 3.63) is 66.2 Å². The number of ether oxygens (including phenoxy) is 1. The molecule has 0 fully saturated rings. The average Bonchev–Trinajstić information content (AvgIpc) is 2.62. The van der Waals surface area contributed by atoms with Crippen LogP contribution < -0.4 is 10.1 Å². The number of carbonyl (C=O) groups excluding carboxylic acids is 1. The van der Waals surface area contributed by atoms with E-state index in [1.807, 2.05) is 60.7 Å². The predicted molar refractivity (Wildman–Crippen MR) is 101 cm³/mol. The molecule has 0 aliphatic carbocycles. The number of rotatable bonds is 5. The van der Waals surface area contributed by atoms with Crippen LogP contribution in [0.5, 0.6) is 5.75 Å². The van der Waals surface area contributed by atoms with Crippen LogP contribution in [-0.2, 0) is 0 Å². The fourth-order valence-electron chi connectivity index (χ4n) is 2.68. The molecular formula is C20H19NO2S. The Kier molecular flexibility index (Phi) is 5.06. The van der Waals surface area contributed by atoms with Crippen molar-refractivity contribution < 1.29 is 9.53 Å². The van der Waals surface area contributed by atoms with E-state index in [9.17, 15) is 4.79 Å². The first kappa shape index (κ1) is 16.4. The van der Waals surface area contributed by atoms with E-state index in [0.717, 1.165) is 32.9 Å². The zero-order chi connectivity index (χ0) is 16.9. The van der Waals surface area contributed by atoms with E-state index in [1.165, 1.54) is 0 Å². The number of hydrogen-bond donors (Lipinski definition) is 1. The summed E-state index contributed by atoms with van der Waals surface area (Å²) in [6, 6.07) is 19.3. The summed E-state index contributed by atoms with van der Waals surface area (Å²) in [5, 5.41) is 4.99. The zero-order valence-corrected chi connectivity index (χ0v) is 14.5. The van der Waals surface area contributed by atoms with Crippen molar-refractivity contribution in [2.75, 3.05) is 18.2 Å². The van der Waals surface area contributed by atoms with Gasteiger partial charge in [-0.05, 0) is 30.0 Å². The lowest BCUT2D eigenvalue weighted by Gasteiger charge is -2.13.